The van der Waals surface area contributed by atoms with Crippen molar-refractivity contribution in [2.24, 2.45) is 0 Å². The molecule has 0 fully saturated rings. The van der Waals surface area contributed by atoms with Gasteiger partial charge in [-0.1, -0.05) is 65.9 Å². The molecule has 0 aliphatic rings. The van der Waals surface area contributed by atoms with E-state index in [1.54, 1.807) is 0 Å². The van der Waals surface area contributed by atoms with Gasteiger partial charge in [-0.05, 0) is 47.2 Å². The Labute approximate surface area is 167 Å². The van der Waals surface area contributed by atoms with E-state index in [1.807, 2.05) is 78.9 Å². The lowest BCUT2D eigenvalue weighted by atomic mass is 10.1. The Bertz CT molecular complexity index is 1110. The minimum atomic E-state index is -0.237. The Balaban J connectivity index is 1.66. The number of anilines is 1. The molecule has 28 heavy (non-hydrogen) atoms. The van der Waals surface area contributed by atoms with Gasteiger partial charge in [0.05, 0.1) is 0 Å². The van der Waals surface area contributed by atoms with Crippen LogP contribution in [0.25, 0.3) is 11.4 Å². The molecular weight excluding hydrogens is 370 g/mol. The second-order valence-corrected chi connectivity index (χ2v) is 6.52. The van der Waals surface area contributed by atoms with Crippen LogP contribution >= 0.6 is 11.6 Å². The highest BCUT2D eigenvalue weighted by molar-refractivity contribution is 6.30. The zero-order chi connectivity index (χ0) is 19.2. The summed E-state index contributed by atoms with van der Waals surface area (Å²) < 4.78 is 0. The van der Waals surface area contributed by atoms with Crippen molar-refractivity contribution < 1.29 is 0 Å². The summed E-state index contributed by atoms with van der Waals surface area (Å²) in [4.78, 5) is 0. The molecule has 5 nitrogen and oxygen atoms in total. The maximum atomic E-state index is 6.20. The molecule has 0 bridgehead atoms. The minimum Gasteiger partial charge on any atom is -0.368 e. The number of aromatic amines is 1. The Kier molecular flexibility index (Phi) is 5.32. The number of tetrazole rings is 1. The van der Waals surface area contributed by atoms with Gasteiger partial charge in [-0.25, -0.2) is 0 Å². The Morgan fingerprint density at radius 2 is 1.79 bits per heavy atom. The van der Waals surface area contributed by atoms with Crippen LogP contribution in [0, 0.1) is 11.8 Å². The van der Waals surface area contributed by atoms with Crippen LogP contribution in [-0.4, -0.2) is 20.6 Å². The summed E-state index contributed by atoms with van der Waals surface area (Å²) in [6, 6.07) is 25.2. The third kappa shape index (κ3) is 4.37. The van der Waals surface area contributed by atoms with Crippen molar-refractivity contribution in [3.8, 4) is 23.2 Å². The molecule has 2 N–H and O–H groups in total. The van der Waals surface area contributed by atoms with Gasteiger partial charge in [0.15, 0.2) is 0 Å². The molecule has 0 aliphatic carbocycles. The first-order valence-corrected chi connectivity index (χ1v) is 9.08. The molecule has 0 amide bonds. The predicted octanol–water partition coefficient (Wildman–Crippen LogP) is 4.73. The number of halogens is 1. The fraction of sp³-hybridized carbons (Fsp3) is 0.0455. The third-order valence-electron chi connectivity index (χ3n) is 4.09. The molecule has 0 aliphatic heterocycles. The van der Waals surface area contributed by atoms with E-state index < -0.39 is 0 Å². The first-order valence-electron chi connectivity index (χ1n) is 8.70. The number of nitrogens with zero attached hydrogens (tertiary/aromatic N) is 3. The first-order chi connectivity index (χ1) is 13.8. The molecule has 0 radical (unpaired) electrons. The molecule has 1 aromatic heterocycles. The highest BCUT2D eigenvalue weighted by atomic mass is 35.5. The van der Waals surface area contributed by atoms with Crippen molar-refractivity contribution in [3.63, 3.8) is 0 Å². The molecule has 4 aromatic rings. The number of hydrogen-bond donors (Lipinski definition) is 2. The van der Waals surface area contributed by atoms with E-state index >= 15 is 0 Å². The summed E-state index contributed by atoms with van der Waals surface area (Å²) in [5.41, 5.74) is 3.70. The number of aromatic nitrogens is 4. The fourth-order valence-electron chi connectivity index (χ4n) is 2.76. The summed E-state index contributed by atoms with van der Waals surface area (Å²) in [5, 5.41) is 18.3. The highest BCUT2D eigenvalue weighted by Crippen LogP contribution is 2.24. The normalized spacial score (nSPS) is 11.3. The van der Waals surface area contributed by atoms with Crippen LogP contribution in [0.15, 0.2) is 78.9 Å². The van der Waals surface area contributed by atoms with E-state index in [0.29, 0.717) is 10.8 Å². The summed E-state index contributed by atoms with van der Waals surface area (Å²) >= 11 is 6.20. The number of H-pyrrole nitrogens is 1. The third-order valence-corrected chi connectivity index (χ3v) is 4.33. The molecule has 3 aromatic carbocycles. The lowest BCUT2D eigenvalue weighted by molar-refractivity contribution is 0.881. The average Bonchev–Trinajstić information content (AvgIpc) is 3.27. The molecule has 1 atom stereocenters. The maximum Gasteiger partial charge on any atom is 0.204 e. The number of hydrogen-bond acceptors (Lipinski definition) is 4. The second kappa shape index (κ2) is 8.38. The average molecular weight is 386 g/mol. The maximum absolute atomic E-state index is 6.20. The van der Waals surface area contributed by atoms with Gasteiger partial charge in [-0.3, -0.25) is 0 Å². The number of nitrogens with one attached hydrogen (secondary N) is 2. The molecule has 1 heterocycles. The van der Waals surface area contributed by atoms with E-state index in [-0.39, 0.29) is 6.04 Å². The Morgan fingerprint density at radius 1 is 0.929 bits per heavy atom. The lowest BCUT2D eigenvalue weighted by Crippen LogP contribution is -2.09. The predicted molar refractivity (Wildman–Crippen MR) is 111 cm³/mol. The molecule has 0 unspecified atom stereocenters. The van der Waals surface area contributed by atoms with Crippen molar-refractivity contribution in [2.75, 3.05) is 5.32 Å². The molecule has 0 saturated heterocycles. The van der Waals surface area contributed by atoms with Gasteiger partial charge in [0.2, 0.25) is 5.82 Å². The zero-order valence-electron chi connectivity index (χ0n) is 14.8. The van der Waals surface area contributed by atoms with Crippen molar-refractivity contribution in [1.29, 1.82) is 0 Å². The van der Waals surface area contributed by atoms with Gasteiger partial charge < -0.3 is 5.32 Å². The quantitative estimate of drug-likeness (QED) is 0.498. The highest BCUT2D eigenvalue weighted by Gasteiger charge is 2.11. The van der Waals surface area contributed by atoms with E-state index in [2.05, 4.69) is 37.8 Å². The number of benzene rings is 3. The van der Waals surface area contributed by atoms with Crippen LogP contribution in [0.3, 0.4) is 0 Å². The molecule has 0 spiro atoms. The molecule has 136 valence electrons. The van der Waals surface area contributed by atoms with Crippen LogP contribution in [0.2, 0.25) is 5.02 Å². The van der Waals surface area contributed by atoms with Crippen molar-refractivity contribution in [3.05, 3.63) is 95.0 Å². The van der Waals surface area contributed by atoms with Gasteiger partial charge in [0, 0.05) is 21.8 Å². The largest absolute Gasteiger partial charge is 0.368 e. The van der Waals surface area contributed by atoms with Gasteiger partial charge in [-0.2, -0.15) is 5.21 Å². The molecule has 6 heteroatoms. The SMILES string of the molecule is Clc1cccc([C@H](C#Cc2ccccc2)Nc2cccc(-c3nn[nH]n3)c2)c1. The minimum absolute atomic E-state index is 0.237. The summed E-state index contributed by atoms with van der Waals surface area (Å²) in [5.74, 6) is 7.08. The summed E-state index contributed by atoms with van der Waals surface area (Å²) in [7, 11) is 0. The summed E-state index contributed by atoms with van der Waals surface area (Å²) in [6.45, 7) is 0. The topological polar surface area (TPSA) is 66.5 Å². The van der Waals surface area contributed by atoms with Gasteiger partial charge in [-0.15, -0.1) is 10.2 Å². The van der Waals surface area contributed by atoms with E-state index in [1.165, 1.54) is 0 Å². The van der Waals surface area contributed by atoms with E-state index in [4.69, 9.17) is 11.6 Å². The van der Waals surface area contributed by atoms with Gasteiger partial charge in [0.1, 0.15) is 6.04 Å². The van der Waals surface area contributed by atoms with E-state index in [0.717, 1.165) is 22.4 Å². The van der Waals surface area contributed by atoms with Crippen molar-refractivity contribution >= 4 is 17.3 Å². The number of rotatable bonds is 4. The van der Waals surface area contributed by atoms with Crippen LogP contribution in [0.4, 0.5) is 5.69 Å². The lowest BCUT2D eigenvalue weighted by Gasteiger charge is -2.16. The van der Waals surface area contributed by atoms with Gasteiger partial charge >= 0.3 is 0 Å². The second-order valence-electron chi connectivity index (χ2n) is 6.08. The van der Waals surface area contributed by atoms with Crippen LogP contribution in [0.5, 0.6) is 0 Å². The molecule has 0 saturated carbocycles. The fourth-order valence-corrected chi connectivity index (χ4v) is 2.96. The zero-order valence-corrected chi connectivity index (χ0v) is 15.6. The van der Waals surface area contributed by atoms with Crippen LogP contribution < -0.4 is 5.32 Å². The smallest absolute Gasteiger partial charge is 0.204 e. The molecular formula is C22H16ClN5. The van der Waals surface area contributed by atoms with Crippen molar-refractivity contribution in [1.82, 2.24) is 20.6 Å². The standard InChI is InChI=1S/C22H16ClN5/c23-19-10-4-8-17(14-19)21(13-12-16-6-2-1-3-7-16)24-20-11-5-9-18(15-20)22-25-27-28-26-22/h1-11,14-15,21,24H,(H,25,26,27,28)/t21-/m0/s1. The van der Waals surface area contributed by atoms with Crippen LogP contribution in [0.1, 0.15) is 17.2 Å². The summed E-state index contributed by atoms with van der Waals surface area (Å²) in [6.07, 6.45) is 0. The monoisotopic (exact) mass is 385 g/mol. The molecule has 4 rings (SSSR count). The van der Waals surface area contributed by atoms with Crippen LogP contribution in [-0.2, 0) is 0 Å². The Morgan fingerprint density at radius 3 is 2.57 bits per heavy atom. The first kappa shape index (κ1) is 17.8. The Hall–Kier alpha value is -3.62. The van der Waals surface area contributed by atoms with Gasteiger partial charge in [0.25, 0.3) is 0 Å². The van der Waals surface area contributed by atoms with Crippen molar-refractivity contribution in [2.45, 2.75) is 6.04 Å². The van der Waals surface area contributed by atoms with E-state index in [9.17, 15) is 0 Å².